The fraction of sp³-hybridized carbons (Fsp3) is 0.310. The van der Waals surface area contributed by atoms with E-state index in [4.69, 9.17) is 4.74 Å². The van der Waals surface area contributed by atoms with Crippen molar-refractivity contribution < 1.29 is 27.5 Å². The molecule has 2 heterocycles. The number of nitrogens with one attached hydrogen (secondary N) is 1. The quantitative estimate of drug-likeness (QED) is 0.523. The Balaban J connectivity index is 1.15. The summed E-state index contributed by atoms with van der Waals surface area (Å²) in [7, 11) is 1.63. The molecule has 3 aromatic carbocycles. The summed E-state index contributed by atoms with van der Waals surface area (Å²) in [4.78, 5) is 29.3. The van der Waals surface area contributed by atoms with Crippen molar-refractivity contribution in [3.8, 4) is 11.1 Å². The van der Waals surface area contributed by atoms with E-state index in [1.165, 1.54) is 6.07 Å². The summed E-state index contributed by atoms with van der Waals surface area (Å²) in [5.41, 5.74) is 1.46. The topological polar surface area (TPSA) is 61.9 Å². The maximum Gasteiger partial charge on any atom is 0.416 e. The van der Waals surface area contributed by atoms with Crippen LogP contribution in [0.1, 0.15) is 26.3 Å². The number of halogens is 3. The Morgan fingerprint density at radius 2 is 1.42 bits per heavy atom. The Hall–Kier alpha value is -3.69. The number of hydrogen-bond acceptors (Lipinski definition) is 4. The summed E-state index contributed by atoms with van der Waals surface area (Å²) in [6.07, 6.45) is -4.55. The van der Waals surface area contributed by atoms with Gasteiger partial charge < -0.3 is 19.9 Å². The number of methoxy groups -OCH3 is 1. The summed E-state index contributed by atoms with van der Waals surface area (Å²) in [6, 6.07) is 20.9. The van der Waals surface area contributed by atoms with Gasteiger partial charge in [-0.25, -0.2) is 0 Å². The van der Waals surface area contributed by atoms with Crippen LogP contribution in [0.5, 0.6) is 0 Å². The number of nitrogens with zero attached hydrogens (tertiary/aromatic N) is 2. The monoisotopic (exact) mass is 523 g/mol. The molecule has 0 aromatic heterocycles. The lowest BCUT2D eigenvalue weighted by atomic mass is 10.00. The van der Waals surface area contributed by atoms with Gasteiger partial charge in [-0.2, -0.15) is 13.2 Å². The fourth-order valence-electron chi connectivity index (χ4n) is 5.02. The standard InChI is InChI=1S/C29H28F3N3O3/c1-38-26-18-35(27(36)20-6-3-2-4-7-20)17-25(26)33-24-15-34(16-24)28(37)21-12-10-19(11-13-21)22-8-5-9-23(14-22)29(30,31)32/h2-14,24-26,33H,15-18H2,1H3. The van der Waals surface area contributed by atoms with E-state index in [1.54, 1.807) is 59.4 Å². The van der Waals surface area contributed by atoms with E-state index < -0.39 is 11.7 Å². The number of ether oxygens (including phenoxy) is 1. The minimum atomic E-state index is -4.41. The number of amides is 2. The first kappa shape index (κ1) is 25.9. The van der Waals surface area contributed by atoms with E-state index in [0.717, 1.165) is 12.1 Å². The maximum atomic E-state index is 13.0. The van der Waals surface area contributed by atoms with Gasteiger partial charge in [0.05, 0.1) is 17.7 Å². The molecule has 3 aromatic rings. The number of carbonyl (C=O) groups excluding carboxylic acids is 2. The van der Waals surface area contributed by atoms with Crippen molar-refractivity contribution >= 4 is 11.8 Å². The highest BCUT2D eigenvalue weighted by molar-refractivity contribution is 5.95. The average molecular weight is 524 g/mol. The molecule has 2 amide bonds. The third-order valence-corrected chi connectivity index (χ3v) is 7.15. The largest absolute Gasteiger partial charge is 0.416 e. The number of alkyl halides is 3. The van der Waals surface area contributed by atoms with Gasteiger partial charge in [0, 0.05) is 50.5 Å². The zero-order valence-corrected chi connectivity index (χ0v) is 20.8. The summed E-state index contributed by atoms with van der Waals surface area (Å²) in [6.45, 7) is 2.06. The number of rotatable bonds is 6. The summed E-state index contributed by atoms with van der Waals surface area (Å²) >= 11 is 0. The van der Waals surface area contributed by atoms with Gasteiger partial charge >= 0.3 is 6.18 Å². The predicted molar refractivity (Wildman–Crippen MR) is 137 cm³/mol. The SMILES string of the molecule is COC1CN(C(=O)c2ccccc2)CC1NC1CN(C(=O)c2ccc(-c3cccc(C(F)(F)F)c3)cc2)C1. The summed E-state index contributed by atoms with van der Waals surface area (Å²) in [5.74, 6) is -0.162. The molecule has 5 rings (SSSR count). The smallest absolute Gasteiger partial charge is 0.378 e. The molecule has 0 radical (unpaired) electrons. The molecule has 2 atom stereocenters. The zero-order chi connectivity index (χ0) is 26.9. The van der Waals surface area contributed by atoms with Crippen molar-refractivity contribution in [3.05, 3.63) is 95.6 Å². The van der Waals surface area contributed by atoms with E-state index in [1.807, 2.05) is 18.2 Å². The van der Waals surface area contributed by atoms with E-state index in [9.17, 15) is 22.8 Å². The lowest BCUT2D eigenvalue weighted by Crippen LogP contribution is -2.63. The second kappa shape index (κ2) is 10.6. The Morgan fingerprint density at radius 3 is 2.05 bits per heavy atom. The van der Waals surface area contributed by atoms with Crippen molar-refractivity contribution in [2.24, 2.45) is 0 Å². The van der Waals surface area contributed by atoms with Crippen LogP contribution in [0.3, 0.4) is 0 Å². The molecule has 2 aliphatic rings. The number of benzene rings is 3. The highest BCUT2D eigenvalue weighted by Crippen LogP contribution is 2.32. The molecule has 198 valence electrons. The molecule has 0 aliphatic carbocycles. The van der Waals surface area contributed by atoms with E-state index >= 15 is 0 Å². The first-order chi connectivity index (χ1) is 18.2. The van der Waals surface area contributed by atoms with Gasteiger partial charge in [0.2, 0.25) is 0 Å². The van der Waals surface area contributed by atoms with Crippen LogP contribution in [0.2, 0.25) is 0 Å². The van der Waals surface area contributed by atoms with Crippen molar-refractivity contribution in [2.75, 3.05) is 33.3 Å². The Labute approximate surface area is 219 Å². The highest BCUT2D eigenvalue weighted by atomic mass is 19.4. The van der Waals surface area contributed by atoms with Gasteiger partial charge in [0.1, 0.15) is 0 Å². The van der Waals surface area contributed by atoms with Crippen LogP contribution < -0.4 is 5.32 Å². The summed E-state index contributed by atoms with van der Waals surface area (Å²) in [5, 5.41) is 3.53. The third kappa shape index (κ3) is 5.44. The van der Waals surface area contributed by atoms with Gasteiger partial charge in [-0.05, 0) is 47.5 Å². The Bertz CT molecular complexity index is 1290. The zero-order valence-electron chi connectivity index (χ0n) is 20.8. The van der Waals surface area contributed by atoms with Crippen molar-refractivity contribution in [1.29, 1.82) is 0 Å². The number of carbonyl (C=O) groups is 2. The first-order valence-electron chi connectivity index (χ1n) is 12.4. The van der Waals surface area contributed by atoms with E-state index in [-0.39, 0.29) is 30.0 Å². The van der Waals surface area contributed by atoms with Crippen molar-refractivity contribution in [3.63, 3.8) is 0 Å². The van der Waals surface area contributed by atoms with Crippen LogP contribution in [-0.2, 0) is 10.9 Å². The molecule has 0 saturated carbocycles. The van der Waals surface area contributed by atoms with Gasteiger partial charge in [-0.1, -0.05) is 42.5 Å². The predicted octanol–water partition coefficient (Wildman–Crippen LogP) is 4.33. The van der Waals surface area contributed by atoms with Crippen LogP contribution >= 0.6 is 0 Å². The van der Waals surface area contributed by atoms with Gasteiger partial charge in [0.25, 0.3) is 11.8 Å². The molecule has 2 fully saturated rings. The molecule has 1 N–H and O–H groups in total. The van der Waals surface area contributed by atoms with Crippen LogP contribution in [0, 0.1) is 0 Å². The minimum absolute atomic E-state index is 0.0315. The molecular formula is C29H28F3N3O3. The lowest BCUT2D eigenvalue weighted by Gasteiger charge is -2.41. The molecule has 38 heavy (non-hydrogen) atoms. The molecule has 2 saturated heterocycles. The first-order valence-corrected chi connectivity index (χ1v) is 12.4. The lowest BCUT2D eigenvalue weighted by molar-refractivity contribution is -0.137. The van der Waals surface area contributed by atoms with Crippen molar-refractivity contribution in [1.82, 2.24) is 15.1 Å². The van der Waals surface area contributed by atoms with Crippen LogP contribution in [-0.4, -0.2) is 73.1 Å². The fourth-order valence-corrected chi connectivity index (χ4v) is 5.02. The van der Waals surface area contributed by atoms with Crippen molar-refractivity contribution in [2.45, 2.75) is 24.4 Å². The molecule has 0 spiro atoms. The molecule has 2 aliphatic heterocycles. The number of likely N-dealkylation sites (tertiary alicyclic amines) is 2. The second-order valence-corrected chi connectivity index (χ2v) is 9.69. The average Bonchev–Trinajstić information content (AvgIpc) is 3.33. The van der Waals surface area contributed by atoms with Gasteiger partial charge in [-0.15, -0.1) is 0 Å². The van der Waals surface area contributed by atoms with Crippen LogP contribution in [0.15, 0.2) is 78.9 Å². The second-order valence-electron chi connectivity index (χ2n) is 9.69. The van der Waals surface area contributed by atoms with E-state index in [2.05, 4.69) is 5.32 Å². The van der Waals surface area contributed by atoms with Gasteiger partial charge in [-0.3, -0.25) is 9.59 Å². The highest BCUT2D eigenvalue weighted by Gasteiger charge is 2.40. The Morgan fingerprint density at radius 1 is 0.789 bits per heavy atom. The minimum Gasteiger partial charge on any atom is -0.378 e. The molecular weight excluding hydrogens is 495 g/mol. The van der Waals surface area contributed by atoms with Crippen LogP contribution in [0.25, 0.3) is 11.1 Å². The summed E-state index contributed by atoms with van der Waals surface area (Å²) < 4.78 is 44.7. The number of hydrogen-bond donors (Lipinski definition) is 1. The maximum absolute atomic E-state index is 13.0. The molecule has 0 bridgehead atoms. The van der Waals surface area contributed by atoms with E-state index in [0.29, 0.717) is 48.4 Å². The van der Waals surface area contributed by atoms with Gasteiger partial charge in [0.15, 0.2) is 0 Å². The molecule has 6 nitrogen and oxygen atoms in total. The Kier molecular flexibility index (Phi) is 7.23. The molecule has 2 unspecified atom stereocenters. The van der Waals surface area contributed by atoms with Crippen LogP contribution in [0.4, 0.5) is 13.2 Å². The molecule has 9 heteroatoms. The third-order valence-electron chi connectivity index (χ3n) is 7.15. The normalized spacial score (nSPS) is 19.9.